The molecule has 1 aliphatic rings. The molecule has 0 aromatic heterocycles. The van der Waals surface area contributed by atoms with Crippen LogP contribution in [-0.2, 0) is 14.3 Å². The molecule has 1 aliphatic heterocycles. The minimum atomic E-state index is -0.755. The molecule has 1 saturated heterocycles. The van der Waals surface area contributed by atoms with Gasteiger partial charge in [-0.3, -0.25) is 9.59 Å². The van der Waals surface area contributed by atoms with E-state index in [2.05, 4.69) is 11.1 Å². The van der Waals surface area contributed by atoms with Crippen LogP contribution in [0.4, 0.5) is 5.69 Å². The molecule has 0 unspecified atom stereocenters. The Hall–Kier alpha value is -1.34. The molecule has 0 spiro atoms. The fraction of sp³-hybridized carbons (Fsp3) is 0.429. The Bertz CT molecular complexity index is 546. The van der Waals surface area contributed by atoms with Crippen molar-refractivity contribution in [3.05, 3.63) is 28.2 Å². The molecule has 1 aromatic carbocycles. The van der Waals surface area contributed by atoms with Gasteiger partial charge in [-0.1, -0.05) is 23.2 Å². The number of anilines is 1. The third-order valence-corrected chi connectivity index (χ3v) is 3.65. The van der Waals surface area contributed by atoms with E-state index < -0.39 is 6.10 Å². The number of rotatable bonds is 5. The topological polar surface area (TPSA) is 86.3 Å². The van der Waals surface area contributed by atoms with Gasteiger partial charge in [0.15, 0.2) is 0 Å². The lowest BCUT2D eigenvalue weighted by Gasteiger charge is -2.31. The van der Waals surface area contributed by atoms with Gasteiger partial charge in [0.2, 0.25) is 5.91 Å². The second-order valence-electron chi connectivity index (χ2n) is 4.95. The van der Waals surface area contributed by atoms with Gasteiger partial charge in [-0.25, -0.2) is 0 Å². The summed E-state index contributed by atoms with van der Waals surface area (Å²) in [7, 11) is 0. The number of halogens is 2. The lowest BCUT2D eigenvalue weighted by Crippen LogP contribution is -2.58. The molecule has 120 valence electrons. The lowest BCUT2D eigenvalue weighted by molar-refractivity contribution is -0.368. The van der Waals surface area contributed by atoms with Crippen molar-refractivity contribution in [2.75, 3.05) is 31.6 Å². The van der Waals surface area contributed by atoms with E-state index in [4.69, 9.17) is 27.9 Å². The van der Waals surface area contributed by atoms with Crippen molar-refractivity contribution in [3.63, 3.8) is 0 Å². The third-order valence-electron chi connectivity index (χ3n) is 3.21. The second-order valence-corrected chi connectivity index (χ2v) is 5.82. The van der Waals surface area contributed by atoms with E-state index in [0.29, 0.717) is 42.0 Å². The average Bonchev–Trinajstić information content (AvgIpc) is 2.42. The largest absolute Gasteiger partial charge is 0.366 e. The van der Waals surface area contributed by atoms with E-state index in [9.17, 15) is 9.59 Å². The summed E-state index contributed by atoms with van der Waals surface area (Å²) in [6.07, 6.45) is -0.800. The quantitative estimate of drug-likeness (QED) is 0.826. The smallest absolute Gasteiger partial charge is 0.252 e. The number of benzene rings is 1. The molecule has 8 heteroatoms. The van der Waals surface area contributed by atoms with Gasteiger partial charge < -0.3 is 20.7 Å². The highest BCUT2D eigenvalue weighted by molar-refractivity contribution is 6.35. The Morgan fingerprint density at radius 2 is 2.05 bits per heavy atom. The Morgan fingerprint density at radius 3 is 2.68 bits per heavy atom. The Kier molecular flexibility index (Phi) is 6.02. The molecule has 2 amide bonds. The van der Waals surface area contributed by atoms with Gasteiger partial charge >= 0.3 is 0 Å². The molecular weight excluding hydrogens is 329 g/mol. The van der Waals surface area contributed by atoms with Crippen LogP contribution in [0.25, 0.3) is 0 Å². The fourth-order valence-corrected chi connectivity index (χ4v) is 2.78. The summed E-state index contributed by atoms with van der Waals surface area (Å²) in [5.74, 6) is -0.498. The summed E-state index contributed by atoms with van der Waals surface area (Å²) in [5.41, 5.74) is 4.22. The number of quaternary nitrogens is 1. The summed E-state index contributed by atoms with van der Waals surface area (Å²) in [6, 6.07) is 4.75. The SMILES string of the molecule is [NH3+]CCN1CCO[C@H](CC(=O)Nc2cc(Cl)cc(Cl)c2)C1=O. The number of hydrogen-bond acceptors (Lipinski definition) is 3. The monoisotopic (exact) mass is 346 g/mol. The second kappa shape index (κ2) is 7.78. The van der Waals surface area contributed by atoms with Gasteiger partial charge in [0, 0.05) is 22.3 Å². The number of carbonyl (C=O) groups is 2. The van der Waals surface area contributed by atoms with Crippen molar-refractivity contribution in [1.82, 2.24) is 4.90 Å². The number of hydrogen-bond donors (Lipinski definition) is 2. The van der Waals surface area contributed by atoms with Crippen molar-refractivity contribution in [3.8, 4) is 0 Å². The molecule has 0 saturated carbocycles. The summed E-state index contributed by atoms with van der Waals surface area (Å²) in [5, 5.41) is 3.52. The highest BCUT2D eigenvalue weighted by Gasteiger charge is 2.31. The zero-order chi connectivity index (χ0) is 16.1. The van der Waals surface area contributed by atoms with E-state index in [-0.39, 0.29) is 18.2 Å². The summed E-state index contributed by atoms with van der Waals surface area (Å²) in [4.78, 5) is 25.9. The van der Waals surface area contributed by atoms with Crippen LogP contribution in [0, 0.1) is 0 Å². The molecule has 1 aromatic rings. The van der Waals surface area contributed by atoms with Gasteiger partial charge in [-0.2, -0.15) is 0 Å². The van der Waals surface area contributed by atoms with Crippen LogP contribution in [0.2, 0.25) is 10.0 Å². The van der Waals surface area contributed by atoms with Crippen LogP contribution in [0.15, 0.2) is 18.2 Å². The summed E-state index contributed by atoms with van der Waals surface area (Å²) in [6.45, 7) is 2.17. The number of ether oxygens (including phenoxy) is 1. The van der Waals surface area contributed by atoms with Crippen LogP contribution in [0.1, 0.15) is 6.42 Å². The standard InChI is InChI=1S/C14H17Cl2N3O3/c15-9-5-10(16)7-11(6-9)18-13(20)8-12-14(21)19(2-1-17)3-4-22-12/h5-7,12H,1-4,8,17H2,(H,18,20)/p+1/t12-/m1/s1. The first kappa shape index (κ1) is 17.0. The van der Waals surface area contributed by atoms with E-state index in [1.165, 1.54) is 0 Å². The lowest BCUT2D eigenvalue weighted by atomic mass is 10.1. The number of nitrogens with one attached hydrogen (secondary N) is 1. The first-order valence-corrected chi connectivity index (χ1v) is 7.71. The van der Waals surface area contributed by atoms with Crippen LogP contribution >= 0.6 is 23.2 Å². The predicted molar refractivity (Wildman–Crippen MR) is 83.8 cm³/mol. The summed E-state index contributed by atoms with van der Waals surface area (Å²) >= 11 is 11.8. The summed E-state index contributed by atoms with van der Waals surface area (Å²) < 4.78 is 5.40. The van der Waals surface area contributed by atoms with Crippen molar-refractivity contribution < 1.29 is 20.1 Å². The van der Waals surface area contributed by atoms with E-state index in [0.717, 1.165) is 0 Å². The van der Waals surface area contributed by atoms with Gasteiger partial charge in [-0.15, -0.1) is 0 Å². The normalized spacial score (nSPS) is 18.4. The Morgan fingerprint density at radius 1 is 1.36 bits per heavy atom. The van der Waals surface area contributed by atoms with E-state index >= 15 is 0 Å². The van der Waals surface area contributed by atoms with E-state index in [1.54, 1.807) is 23.1 Å². The van der Waals surface area contributed by atoms with Crippen molar-refractivity contribution >= 4 is 40.7 Å². The van der Waals surface area contributed by atoms with Crippen molar-refractivity contribution in [2.24, 2.45) is 0 Å². The van der Waals surface area contributed by atoms with Gasteiger partial charge in [0.05, 0.1) is 26.1 Å². The van der Waals surface area contributed by atoms with E-state index in [1.807, 2.05) is 0 Å². The molecule has 6 nitrogen and oxygen atoms in total. The maximum Gasteiger partial charge on any atom is 0.252 e. The van der Waals surface area contributed by atoms with Gasteiger partial charge in [0.1, 0.15) is 6.10 Å². The van der Waals surface area contributed by atoms with Crippen LogP contribution in [0.3, 0.4) is 0 Å². The minimum Gasteiger partial charge on any atom is -0.366 e. The molecule has 4 N–H and O–H groups in total. The Balaban J connectivity index is 1.95. The van der Waals surface area contributed by atoms with Gasteiger partial charge in [0.25, 0.3) is 5.91 Å². The highest BCUT2D eigenvalue weighted by Crippen LogP contribution is 2.23. The van der Waals surface area contributed by atoms with Crippen LogP contribution < -0.4 is 11.1 Å². The average molecular weight is 347 g/mol. The molecule has 1 fully saturated rings. The number of carbonyl (C=O) groups excluding carboxylic acids is 2. The molecule has 0 bridgehead atoms. The van der Waals surface area contributed by atoms with Gasteiger partial charge in [-0.05, 0) is 18.2 Å². The number of morpholine rings is 1. The molecule has 1 heterocycles. The third kappa shape index (κ3) is 4.58. The number of nitrogens with zero attached hydrogens (tertiary/aromatic N) is 1. The number of amides is 2. The molecule has 22 heavy (non-hydrogen) atoms. The predicted octanol–water partition coefficient (Wildman–Crippen LogP) is 0.791. The zero-order valence-electron chi connectivity index (χ0n) is 12.0. The first-order valence-electron chi connectivity index (χ1n) is 6.95. The molecule has 0 radical (unpaired) electrons. The van der Waals surface area contributed by atoms with Crippen LogP contribution in [0.5, 0.6) is 0 Å². The van der Waals surface area contributed by atoms with Crippen molar-refractivity contribution in [2.45, 2.75) is 12.5 Å². The highest BCUT2D eigenvalue weighted by atomic mass is 35.5. The van der Waals surface area contributed by atoms with Crippen molar-refractivity contribution in [1.29, 1.82) is 0 Å². The van der Waals surface area contributed by atoms with Crippen LogP contribution in [-0.4, -0.2) is 49.1 Å². The molecule has 0 aliphatic carbocycles. The minimum absolute atomic E-state index is 0.0450. The zero-order valence-corrected chi connectivity index (χ0v) is 13.5. The molecule has 1 atom stereocenters. The molecule has 2 rings (SSSR count). The molecular formula is C14H18Cl2N3O3+. The maximum atomic E-state index is 12.2. The Labute approximate surface area is 138 Å². The maximum absolute atomic E-state index is 12.2. The first-order chi connectivity index (χ1) is 10.5. The fourth-order valence-electron chi connectivity index (χ4n) is 2.26.